The molecule has 31 heavy (non-hydrogen) atoms. The van der Waals surface area contributed by atoms with Gasteiger partial charge in [-0.15, -0.1) is 0 Å². The van der Waals surface area contributed by atoms with Crippen LogP contribution in [0.15, 0.2) is 87.5 Å². The number of benzene rings is 3. The Morgan fingerprint density at radius 2 is 1.74 bits per heavy atom. The first-order valence-corrected chi connectivity index (χ1v) is 11.4. The third kappa shape index (κ3) is 4.67. The van der Waals surface area contributed by atoms with Crippen molar-refractivity contribution in [1.29, 1.82) is 0 Å². The van der Waals surface area contributed by atoms with Gasteiger partial charge in [0.25, 0.3) is 11.6 Å². The molecular formula is C22H13ClN2O3S3. The van der Waals surface area contributed by atoms with E-state index in [1.807, 2.05) is 30.3 Å². The lowest BCUT2D eigenvalue weighted by atomic mass is 10.1. The number of thioether (sulfide) groups is 1. The maximum Gasteiger partial charge on any atom is 0.276 e. The standard InChI is InChI=1S/C22H13ClN2O3S3/c23-17-8-4-5-9-19(17)24-21(26)20(31-22(24)29)13-14-12-16(10-11-18(14)25(27)28)30-15-6-2-1-3-7-15/h1-13H. The second-order valence-corrected chi connectivity index (χ2v) is 9.59. The summed E-state index contributed by atoms with van der Waals surface area (Å²) in [6.45, 7) is 0. The molecule has 1 saturated heterocycles. The van der Waals surface area contributed by atoms with Gasteiger partial charge in [-0.25, -0.2) is 0 Å². The number of anilines is 1. The van der Waals surface area contributed by atoms with Crippen molar-refractivity contribution in [2.75, 3.05) is 4.90 Å². The summed E-state index contributed by atoms with van der Waals surface area (Å²) in [6, 6.07) is 21.4. The Morgan fingerprint density at radius 1 is 1.03 bits per heavy atom. The largest absolute Gasteiger partial charge is 0.276 e. The minimum Gasteiger partial charge on any atom is -0.268 e. The van der Waals surface area contributed by atoms with Crippen LogP contribution in [0.1, 0.15) is 5.56 Å². The number of nitrogens with zero attached hydrogens (tertiary/aromatic N) is 2. The van der Waals surface area contributed by atoms with Gasteiger partial charge in [-0.3, -0.25) is 19.8 Å². The first kappa shape index (κ1) is 21.6. The Hall–Kier alpha value is -2.65. The molecule has 0 radical (unpaired) electrons. The van der Waals surface area contributed by atoms with E-state index in [0.29, 0.717) is 25.5 Å². The number of carbonyl (C=O) groups excluding carboxylic acids is 1. The van der Waals surface area contributed by atoms with Gasteiger partial charge in [0.1, 0.15) is 0 Å². The molecule has 0 atom stereocenters. The zero-order valence-corrected chi connectivity index (χ0v) is 18.9. The molecule has 9 heteroatoms. The van der Waals surface area contributed by atoms with Crippen LogP contribution in [0.4, 0.5) is 11.4 Å². The molecule has 0 unspecified atom stereocenters. The van der Waals surface area contributed by atoms with Crippen LogP contribution in [0, 0.1) is 10.1 Å². The van der Waals surface area contributed by atoms with Crippen molar-refractivity contribution in [2.45, 2.75) is 9.79 Å². The van der Waals surface area contributed by atoms with Crippen molar-refractivity contribution in [2.24, 2.45) is 0 Å². The summed E-state index contributed by atoms with van der Waals surface area (Å²) in [4.78, 5) is 27.6. The average molecular weight is 485 g/mol. The molecule has 0 N–H and O–H groups in total. The Kier molecular flexibility index (Phi) is 6.43. The van der Waals surface area contributed by atoms with Gasteiger partial charge >= 0.3 is 0 Å². The molecule has 1 fully saturated rings. The summed E-state index contributed by atoms with van der Waals surface area (Å²) in [5.41, 5.74) is 0.740. The van der Waals surface area contributed by atoms with E-state index in [4.69, 9.17) is 23.8 Å². The summed E-state index contributed by atoms with van der Waals surface area (Å²) < 4.78 is 0.321. The van der Waals surface area contributed by atoms with Gasteiger partial charge in [-0.2, -0.15) is 0 Å². The zero-order valence-electron chi connectivity index (χ0n) is 15.7. The highest BCUT2D eigenvalue weighted by Crippen LogP contribution is 2.40. The molecule has 1 amide bonds. The van der Waals surface area contributed by atoms with Crippen molar-refractivity contribution >= 4 is 75.0 Å². The molecule has 0 saturated carbocycles. The lowest BCUT2D eigenvalue weighted by Crippen LogP contribution is -2.27. The van der Waals surface area contributed by atoms with Crippen LogP contribution in [0.3, 0.4) is 0 Å². The number of halogens is 1. The molecule has 0 aliphatic carbocycles. The van der Waals surface area contributed by atoms with E-state index in [1.165, 1.54) is 28.8 Å². The summed E-state index contributed by atoms with van der Waals surface area (Å²) in [5.74, 6) is -0.362. The predicted molar refractivity (Wildman–Crippen MR) is 131 cm³/mol. The minimum atomic E-state index is -0.461. The second-order valence-electron chi connectivity index (χ2n) is 6.36. The number of nitro groups is 1. The Morgan fingerprint density at radius 3 is 2.45 bits per heavy atom. The van der Waals surface area contributed by atoms with Crippen LogP contribution >= 0.6 is 47.3 Å². The lowest BCUT2D eigenvalue weighted by Gasteiger charge is -2.15. The van der Waals surface area contributed by atoms with Gasteiger partial charge in [-0.1, -0.05) is 77.7 Å². The van der Waals surface area contributed by atoms with Crippen molar-refractivity contribution in [3.05, 3.63) is 98.4 Å². The summed E-state index contributed by atoms with van der Waals surface area (Å²) in [7, 11) is 0. The molecule has 1 heterocycles. The van der Waals surface area contributed by atoms with Crippen molar-refractivity contribution in [3.63, 3.8) is 0 Å². The average Bonchev–Trinajstić information content (AvgIpc) is 3.02. The van der Waals surface area contributed by atoms with E-state index in [0.717, 1.165) is 21.6 Å². The molecule has 0 bridgehead atoms. The number of carbonyl (C=O) groups is 1. The topological polar surface area (TPSA) is 63.4 Å². The molecule has 1 aliphatic heterocycles. The minimum absolute atomic E-state index is 0.0829. The van der Waals surface area contributed by atoms with E-state index in [2.05, 4.69) is 0 Å². The number of thiocarbonyl (C=S) groups is 1. The number of amides is 1. The number of nitro benzene ring substituents is 1. The zero-order chi connectivity index (χ0) is 22.0. The quantitative estimate of drug-likeness (QED) is 0.171. The van der Waals surface area contributed by atoms with Gasteiger partial charge < -0.3 is 0 Å². The third-order valence-corrected chi connectivity index (χ3v) is 6.97. The van der Waals surface area contributed by atoms with Gasteiger partial charge in [0.05, 0.1) is 26.1 Å². The maximum absolute atomic E-state index is 13.0. The molecule has 0 aromatic heterocycles. The number of hydrogen-bond acceptors (Lipinski definition) is 6. The fourth-order valence-corrected chi connectivity index (χ4v) is 5.34. The van der Waals surface area contributed by atoms with Gasteiger partial charge in [-0.05, 0) is 42.5 Å². The van der Waals surface area contributed by atoms with Crippen LogP contribution in [0.5, 0.6) is 0 Å². The van der Waals surface area contributed by atoms with E-state index in [1.54, 1.807) is 36.4 Å². The first-order valence-electron chi connectivity index (χ1n) is 8.98. The van der Waals surface area contributed by atoms with E-state index in [-0.39, 0.29) is 11.6 Å². The number of hydrogen-bond donors (Lipinski definition) is 0. The van der Waals surface area contributed by atoms with Gasteiger partial charge in [0.15, 0.2) is 4.32 Å². The third-order valence-electron chi connectivity index (χ3n) is 4.35. The molecule has 3 aromatic carbocycles. The van der Waals surface area contributed by atoms with Crippen molar-refractivity contribution < 1.29 is 9.72 Å². The van der Waals surface area contributed by atoms with Gasteiger partial charge in [0, 0.05) is 15.9 Å². The van der Waals surface area contributed by atoms with Crippen LogP contribution < -0.4 is 4.90 Å². The summed E-state index contributed by atoms with van der Waals surface area (Å²) in [5, 5.41) is 12.0. The Labute approximate surface area is 197 Å². The normalized spacial score (nSPS) is 15.0. The Balaban J connectivity index is 1.71. The SMILES string of the molecule is O=C1C(=Cc2cc(Sc3ccccc3)ccc2[N+](=O)[O-])SC(=S)N1c1ccccc1Cl. The highest BCUT2D eigenvalue weighted by molar-refractivity contribution is 8.27. The molecule has 5 nitrogen and oxygen atoms in total. The number of rotatable bonds is 5. The highest BCUT2D eigenvalue weighted by atomic mass is 35.5. The highest BCUT2D eigenvalue weighted by Gasteiger charge is 2.34. The lowest BCUT2D eigenvalue weighted by molar-refractivity contribution is -0.385. The maximum atomic E-state index is 13.0. The summed E-state index contributed by atoms with van der Waals surface area (Å²) in [6.07, 6.45) is 1.52. The molecule has 3 aromatic rings. The van der Waals surface area contributed by atoms with E-state index < -0.39 is 4.92 Å². The van der Waals surface area contributed by atoms with E-state index in [9.17, 15) is 14.9 Å². The number of para-hydroxylation sites is 1. The molecule has 0 spiro atoms. The molecule has 4 rings (SSSR count). The first-order chi connectivity index (χ1) is 14.9. The van der Waals surface area contributed by atoms with Crippen LogP contribution in [0.25, 0.3) is 6.08 Å². The second kappa shape index (κ2) is 9.23. The van der Waals surface area contributed by atoms with Crippen molar-refractivity contribution in [1.82, 2.24) is 0 Å². The smallest absolute Gasteiger partial charge is 0.268 e. The van der Waals surface area contributed by atoms with Crippen LogP contribution in [0.2, 0.25) is 5.02 Å². The molecule has 1 aliphatic rings. The Bertz CT molecular complexity index is 1230. The van der Waals surface area contributed by atoms with E-state index >= 15 is 0 Å². The summed E-state index contributed by atoms with van der Waals surface area (Å²) >= 11 is 14.2. The van der Waals surface area contributed by atoms with Gasteiger partial charge in [0.2, 0.25) is 0 Å². The monoisotopic (exact) mass is 484 g/mol. The fourth-order valence-electron chi connectivity index (χ4n) is 2.95. The molecular weight excluding hydrogens is 472 g/mol. The predicted octanol–water partition coefficient (Wildman–Crippen LogP) is 6.81. The fraction of sp³-hybridized carbons (Fsp3) is 0. The van der Waals surface area contributed by atoms with Crippen LogP contribution in [-0.2, 0) is 4.79 Å². The van der Waals surface area contributed by atoms with Crippen LogP contribution in [-0.4, -0.2) is 15.2 Å². The molecule has 154 valence electrons. The van der Waals surface area contributed by atoms with Crippen molar-refractivity contribution in [3.8, 4) is 0 Å².